The molecule has 0 aliphatic carbocycles. The average Bonchev–Trinajstić information content (AvgIpc) is 3.36. The molecule has 2 atom stereocenters. The maximum Gasteiger partial charge on any atom is 0.170 e. The average molecular weight is 422 g/mol. The van der Waals surface area contributed by atoms with E-state index in [2.05, 4.69) is 69.2 Å². The van der Waals surface area contributed by atoms with E-state index in [0.29, 0.717) is 0 Å². The van der Waals surface area contributed by atoms with Gasteiger partial charge in [-0.2, -0.15) is 0 Å². The summed E-state index contributed by atoms with van der Waals surface area (Å²) < 4.78 is 7.82. The summed E-state index contributed by atoms with van der Waals surface area (Å²) in [6, 6.07) is 18.3. The molecule has 1 aromatic carbocycles. The van der Waals surface area contributed by atoms with Gasteiger partial charge in [-0.3, -0.25) is 4.98 Å². The first-order valence-corrected chi connectivity index (χ1v) is 10.4. The van der Waals surface area contributed by atoms with Crippen molar-refractivity contribution in [1.29, 1.82) is 0 Å². The van der Waals surface area contributed by atoms with Gasteiger partial charge in [0.1, 0.15) is 5.75 Å². The number of pyridine rings is 1. The van der Waals surface area contributed by atoms with Crippen LogP contribution in [0.15, 0.2) is 67.0 Å². The van der Waals surface area contributed by atoms with Gasteiger partial charge >= 0.3 is 0 Å². The number of hydrogen-bond donors (Lipinski definition) is 1. The van der Waals surface area contributed by atoms with Crippen LogP contribution in [0.4, 0.5) is 0 Å². The summed E-state index contributed by atoms with van der Waals surface area (Å²) in [5.41, 5.74) is 3.12. The predicted octanol–water partition coefficient (Wildman–Crippen LogP) is 3.42. The first-order chi connectivity index (χ1) is 14.6. The van der Waals surface area contributed by atoms with Crippen molar-refractivity contribution in [3.8, 4) is 11.4 Å². The van der Waals surface area contributed by atoms with Crippen LogP contribution >= 0.6 is 12.2 Å². The van der Waals surface area contributed by atoms with E-state index in [1.54, 1.807) is 7.11 Å². The first kappa shape index (κ1) is 20.4. The van der Waals surface area contributed by atoms with E-state index in [9.17, 15) is 0 Å². The molecule has 0 spiro atoms. The fourth-order valence-corrected chi connectivity index (χ4v) is 4.29. The molecule has 30 heavy (non-hydrogen) atoms. The molecule has 3 heterocycles. The van der Waals surface area contributed by atoms with Gasteiger partial charge in [0, 0.05) is 31.2 Å². The van der Waals surface area contributed by atoms with Gasteiger partial charge in [-0.25, -0.2) is 0 Å². The van der Waals surface area contributed by atoms with Gasteiger partial charge in [-0.05, 0) is 62.7 Å². The van der Waals surface area contributed by atoms with E-state index in [1.165, 1.54) is 0 Å². The minimum Gasteiger partial charge on any atom is -0.495 e. The molecule has 1 aliphatic heterocycles. The molecule has 6 nitrogen and oxygen atoms in total. The predicted molar refractivity (Wildman–Crippen MR) is 123 cm³/mol. The molecule has 7 heteroatoms. The molecule has 0 radical (unpaired) electrons. The van der Waals surface area contributed by atoms with Crippen LogP contribution in [0.25, 0.3) is 5.69 Å². The second-order valence-electron chi connectivity index (χ2n) is 7.60. The van der Waals surface area contributed by atoms with Gasteiger partial charge in [0.15, 0.2) is 5.11 Å². The van der Waals surface area contributed by atoms with Crippen LogP contribution in [0.3, 0.4) is 0 Å². The third kappa shape index (κ3) is 3.91. The summed E-state index contributed by atoms with van der Waals surface area (Å²) in [6.45, 7) is 1.73. The van der Waals surface area contributed by atoms with Gasteiger partial charge in [-0.15, -0.1) is 0 Å². The summed E-state index contributed by atoms with van der Waals surface area (Å²) in [5, 5.41) is 4.28. The molecule has 1 saturated heterocycles. The molecule has 2 aromatic heterocycles. The minimum atomic E-state index is -0.0378. The molecule has 1 N–H and O–H groups in total. The Morgan fingerprint density at radius 2 is 1.90 bits per heavy atom. The molecular weight excluding hydrogens is 394 g/mol. The van der Waals surface area contributed by atoms with E-state index < -0.39 is 0 Å². The smallest absolute Gasteiger partial charge is 0.170 e. The van der Waals surface area contributed by atoms with E-state index in [4.69, 9.17) is 17.0 Å². The fraction of sp³-hybridized carbons (Fsp3) is 0.304. The van der Waals surface area contributed by atoms with Gasteiger partial charge < -0.3 is 24.4 Å². The Morgan fingerprint density at radius 1 is 1.10 bits per heavy atom. The lowest BCUT2D eigenvalue weighted by molar-refractivity contribution is 0.272. The molecule has 4 rings (SSSR count). The molecule has 0 bridgehead atoms. The number of nitrogens with one attached hydrogen (secondary N) is 1. The molecule has 0 saturated carbocycles. The van der Waals surface area contributed by atoms with Crippen LogP contribution in [-0.4, -0.2) is 58.8 Å². The zero-order valence-electron chi connectivity index (χ0n) is 17.5. The Morgan fingerprint density at radius 3 is 2.63 bits per heavy atom. The van der Waals surface area contributed by atoms with Crippen LogP contribution in [0.2, 0.25) is 0 Å². The second-order valence-corrected chi connectivity index (χ2v) is 7.98. The van der Waals surface area contributed by atoms with Crippen LogP contribution in [0.5, 0.6) is 5.75 Å². The summed E-state index contributed by atoms with van der Waals surface area (Å²) in [5.74, 6) is 0.831. The maximum atomic E-state index is 5.76. The number of rotatable bonds is 7. The highest BCUT2D eigenvalue weighted by molar-refractivity contribution is 7.80. The number of hydrogen-bond acceptors (Lipinski definition) is 4. The topological polar surface area (TPSA) is 45.6 Å². The standard InChI is InChI=1S/C23H27N5OS/c1-26(2)15-16-28-22(21(25-23(28)30)17-9-6-7-13-24-17)19-11-8-14-27(19)18-10-4-5-12-20(18)29-3/h4-14,21-22H,15-16H2,1-3H3,(H,25,30). The van der Waals surface area contributed by atoms with Gasteiger partial charge in [0.25, 0.3) is 0 Å². The molecule has 0 amide bonds. The molecule has 2 unspecified atom stereocenters. The lowest BCUT2D eigenvalue weighted by Crippen LogP contribution is -2.36. The van der Waals surface area contributed by atoms with Crippen molar-refractivity contribution < 1.29 is 4.74 Å². The van der Waals surface area contributed by atoms with Gasteiger partial charge in [-0.1, -0.05) is 18.2 Å². The molecule has 3 aromatic rings. The highest BCUT2D eigenvalue weighted by Gasteiger charge is 2.41. The monoisotopic (exact) mass is 421 g/mol. The summed E-state index contributed by atoms with van der Waals surface area (Å²) >= 11 is 5.76. The number of nitrogens with zero attached hydrogens (tertiary/aromatic N) is 4. The zero-order valence-corrected chi connectivity index (χ0v) is 18.3. The van der Waals surface area contributed by atoms with Crippen molar-refractivity contribution in [2.24, 2.45) is 0 Å². The Balaban J connectivity index is 1.80. The van der Waals surface area contributed by atoms with Crippen molar-refractivity contribution in [2.75, 3.05) is 34.3 Å². The highest BCUT2D eigenvalue weighted by Crippen LogP contribution is 2.40. The Bertz CT molecular complexity index is 1000. The Hall–Kier alpha value is -2.90. The maximum absolute atomic E-state index is 5.76. The lowest BCUT2D eigenvalue weighted by atomic mass is 10.0. The summed E-state index contributed by atoms with van der Waals surface area (Å²) in [6.07, 6.45) is 3.91. The largest absolute Gasteiger partial charge is 0.495 e. The van der Waals surface area contributed by atoms with E-state index >= 15 is 0 Å². The Kier molecular flexibility index (Phi) is 6.01. The number of thiocarbonyl (C=S) groups is 1. The SMILES string of the molecule is COc1ccccc1-n1cccc1C1C(c2ccccn2)NC(=S)N1CCN(C)C. The van der Waals surface area contributed by atoms with Gasteiger partial charge in [0.2, 0.25) is 0 Å². The van der Waals surface area contributed by atoms with E-state index in [1.807, 2.05) is 36.5 Å². The van der Waals surface area contributed by atoms with Crippen LogP contribution in [0.1, 0.15) is 23.5 Å². The van der Waals surface area contributed by atoms with Crippen molar-refractivity contribution in [3.63, 3.8) is 0 Å². The lowest BCUT2D eigenvalue weighted by Gasteiger charge is -2.30. The number of benzene rings is 1. The molecular formula is C23H27N5OS. The van der Waals surface area contributed by atoms with Crippen molar-refractivity contribution in [2.45, 2.75) is 12.1 Å². The van der Waals surface area contributed by atoms with Crippen LogP contribution < -0.4 is 10.1 Å². The number of ether oxygens (including phenoxy) is 1. The van der Waals surface area contributed by atoms with E-state index in [0.717, 1.165) is 41.0 Å². The normalized spacial score (nSPS) is 18.7. The van der Waals surface area contributed by atoms with Crippen molar-refractivity contribution in [1.82, 2.24) is 24.7 Å². The quantitative estimate of drug-likeness (QED) is 0.590. The van der Waals surface area contributed by atoms with Crippen LogP contribution in [0, 0.1) is 0 Å². The molecule has 1 aliphatic rings. The third-order valence-electron chi connectivity index (χ3n) is 5.41. The van der Waals surface area contributed by atoms with Crippen molar-refractivity contribution in [3.05, 3.63) is 78.4 Å². The molecule has 156 valence electrons. The number of aromatic nitrogens is 2. The third-order valence-corrected chi connectivity index (χ3v) is 5.77. The van der Waals surface area contributed by atoms with E-state index in [-0.39, 0.29) is 12.1 Å². The van der Waals surface area contributed by atoms with Crippen LogP contribution in [-0.2, 0) is 0 Å². The number of methoxy groups -OCH3 is 1. The van der Waals surface area contributed by atoms with Gasteiger partial charge in [0.05, 0.1) is 30.6 Å². The second kappa shape index (κ2) is 8.85. The summed E-state index contributed by atoms with van der Waals surface area (Å²) in [7, 11) is 5.86. The zero-order chi connectivity index (χ0) is 21.1. The number of para-hydroxylation sites is 2. The minimum absolute atomic E-state index is 0.00672. The Labute approximate surface area is 183 Å². The molecule has 1 fully saturated rings. The summed E-state index contributed by atoms with van der Waals surface area (Å²) in [4.78, 5) is 9.08. The van der Waals surface area contributed by atoms with Crippen molar-refractivity contribution >= 4 is 17.3 Å². The fourth-order valence-electron chi connectivity index (χ4n) is 3.96. The first-order valence-electron chi connectivity index (χ1n) is 10.0. The number of likely N-dealkylation sites (N-methyl/N-ethyl adjacent to an activating group) is 1. The highest BCUT2D eigenvalue weighted by atomic mass is 32.1.